The van der Waals surface area contributed by atoms with Crippen LogP contribution in [-0.4, -0.2) is 60.3 Å². The van der Waals surface area contributed by atoms with Crippen LogP contribution in [0.1, 0.15) is 15.9 Å². The largest absolute Gasteiger partial charge is 0.449 e. The lowest BCUT2D eigenvalue weighted by atomic mass is 9.88. The molecule has 1 fully saturated rings. The molecule has 1 saturated heterocycles. The molecular weight excluding hydrogens is 407 g/mol. The number of nitrogens with zero attached hydrogens (tertiary/aromatic N) is 2. The summed E-state index contributed by atoms with van der Waals surface area (Å²) in [5, 5.41) is 9.09. The second kappa shape index (κ2) is 9.02. The van der Waals surface area contributed by atoms with E-state index in [0.29, 0.717) is 31.7 Å². The van der Waals surface area contributed by atoms with E-state index in [4.69, 9.17) is 5.02 Å². The van der Waals surface area contributed by atoms with Crippen molar-refractivity contribution in [3.63, 3.8) is 0 Å². The molecule has 138 valence electrons. The smallest absolute Gasteiger partial charge is 0.304 e. The van der Waals surface area contributed by atoms with Gasteiger partial charge in [-0.05, 0) is 35.9 Å². The Labute approximate surface area is 167 Å². The van der Waals surface area contributed by atoms with E-state index >= 15 is 0 Å². The molecular formula is C20H20BBrN2O3. The highest BCUT2D eigenvalue weighted by atomic mass is 79.9. The summed E-state index contributed by atoms with van der Waals surface area (Å²) in [5.74, 6) is -0.0886. The number of amides is 2. The molecule has 0 saturated carbocycles. The van der Waals surface area contributed by atoms with Crippen LogP contribution in [0.4, 0.5) is 0 Å². The van der Waals surface area contributed by atoms with E-state index in [-0.39, 0.29) is 19.3 Å². The van der Waals surface area contributed by atoms with E-state index in [1.165, 1.54) is 0 Å². The zero-order valence-corrected chi connectivity index (χ0v) is 16.4. The first-order valence-corrected chi connectivity index (χ1v) is 9.58. The second-order valence-electron chi connectivity index (χ2n) is 6.36. The monoisotopic (exact) mass is 426 g/mol. The van der Waals surface area contributed by atoms with Crippen molar-refractivity contribution in [1.82, 2.24) is 9.80 Å². The fourth-order valence-corrected chi connectivity index (χ4v) is 3.18. The van der Waals surface area contributed by atoms with Crippen molar-refractivity contribution in [3.05, 3.63) is 70.2 Å². The third-order valence-electron chi connectivity index (χ3n) is 4.55. The Morgan fingerprint density at radius 1 is 0.926 bits per heavy atom. The van der Waals surface area contributed by atoms with E-state index in [2.05, 4.69) is 15.9 Å². The van der Waals surface area contributed by atoms with Crippen LogP contribution in [0, 0.1) is 0 Å². The summed E-state index contributed by atoms with van der Waals surface area (Å²) in [5.41, 5.74) is 2.34. The van der Waals surface area contributed by atoms with Crippen LogP contribution in [0.15, 0.2) is 59.1 Å². The van der Waals surface area contributed by atoms with E-state index < -0.39 is 0 Å². The number of halogens is 1. The fraction of sp³-hybridized carbons (Fsp3) is 0.200. The summed E-state index contributed by atoms with van der Waals surface area (Å²) in [6.07, 6.45) is 3.38. The van der Waals surface area contributed by atoms with Crippen molar-refractivity contribution in [1.29, 1.82) is 0 Å². The van der Waals surface area contributed by atoms with Gasteiger partial charge in [-0.1, -0.05) is 45.7 Å². The molecule has 1 aliphatic heterocycles. The molecule has 2 aromatic carbocycles. The summed E-state index contributed by atoms with van der Waals surface area (Å²) in [4.78, 5) is 28.4. The molecule has 1 heterocycles. The summed E-state index contributed by atoms with van der Waals surface area (Å²) in [7, 11) is -0.0387. The molecule has 0 aromatic heterocycles. The van der Waals surface area contributed by atoms with Crippen LogP contribution in [0.25, 0.3) is 6.08 Å². The van der Waals surface area contributed by atoms with Crippen LogP contribution in [-0.2, 0) is 4.79 Å². The van der Waals surface area contributed by atoms with Crippen LogP contribution >= 0.6 is 15.9 Å². The SMILES string of the molecule is O=C(/C=C/c1ccc(Br)cc1)N1CCN(C(=O)c2ccc(BO)cc2)CC1. The van der Waals surface area contributed by atoms with Crippen LogP contribution in [0.2, 0.25) is 0 Å². The first kappa shape index (κ1) is 19.4. The highest BCUT2D eigenvalue weighted by molar-refractivity contribution is 9.10. The Kier molecular flexibility index (Phi) is 6.47. The molecule has 0 unspecified atom stereocenters. The van der Waals surface area contributed by atoms with Gasteiger partial charge in [-0.15, -0.1) is 0 Å². The maximum absolute atomic E-state index is 12.6. The lowest BCUT2D eigenvalue weighted by Gasteiger charge is -2.34. The summed E-state index contributed by atoms with van der Waals surface area (Å²) in [6, 6.07) is 14.7. The van der Waals surface area contributed by atoms with Gasteiger partial charge in [0.1, 0.15) is 0 Å². The van der Waals surface area contributed by atoms with Gasteiger partial charge in [0.2, 0.25) is 5.91 Å². The van der Waals surface area contributed by atoms with Crippen LogP contribution < -0.4 is 5.46 Å². The Morgan fingerprint density at radius 2 is 1.52 bits per heavy atom. The summed E-state index contributed by atoms with van der Waals surface area (Å²) < 4.78 is 0.998. The molecule has 27 heavy (non-hydrogen) atoms. The number of hydrogen-bond donors (Lipinski definition) is 1. The van der Waals surface area contributed by atoms with Gasteiger partial charge in [-0.2, -0.15) is 0 Å². The third kappa shape index (κ3) is 5.08. The predicted octanol–water partition coefficient (Wildman–Crippen LogP) is 1.42. The number of hydrogen-bond acceptors (Lipinski definition) is 3. The first-order chi connectivity index (χ1) is 13.1. The Morgan fingerprint density at radius 3 is 2.11 bits per heavy atom. The Bertz CT molecular complexity index is 829. The maximum atomic E-state index is 12.6. The Hall–Kier alpha value is -2.38. The standard InChI is InChI=1S/C20H20BBrN2O3/c22-18-8-1-15(2-9-18)3-10-19(25)23-11-13-24(14-12-23)20(26)16-4-6-17(21-27)7-5-16/h1-10,21,27H,11-14H2/b10-3+. The number of piperazine rings is 1. The summed E-state index contributed by atoms with van der Waals surface area (Å²) in [6.45, 7) is 2.06. The molecule has 0 bridgehead atoms. The normalized spacial score (nSPS) is 14.4. The van der Waals surface area contributed by atoms with Crippen molar-refractivity contribution >= 4 is 46.8 Å². The molecule has 0 aliphatic carbocycles. The van der Waals surface area contributed by atoms with Crippen LogP contribution in [0.3, 0.4) is 0 Å². The molecule has 0 atom stereocenters. The van der Waals surface area contributed by atoms with E-state index in [0.717, 1.165) is 15.5 Å². The van der Waals surface area contributed by atoms with Crippen molar-refractivity contribution < 1.29 is 14.6 Å². The number of carbonyl (C=O) groups is 2. The van der Waals surface area contributed by atoms with Gasteiger partial charge in [0.25, 0.3) is 5.91 Å². The van der Waals surface area contributed by atoms with Gasteiger partial charge in [-0.3, -0.25) is 9.59 Å². The van der Waals surface area contributed by atoms with Gasteiger partial charge in [0.15, 0.2) is 0 Å². The number of benzene rings is 2. The highest BCUT2D eigenvalue weighted by Gasteiger charge is 2.23. The molecule has 2 amide bonds. The fourth-order valence-electron chi connectivity index (χ4n) is 2.91. The van der Waals surface area contributed by atoms with Gasteiger partial charge in [0.05, 0.1) is 0 Å². The van der Waals surface area contributed by atoms with Gasteiger partial charge in [-0.25, -0.2) is 0 Å². The zero-order chi connectivity index (χ0) is 19.2. The quantitative estimate of drug-likeness (QED) is 0.594. The Balaban J connectivity index is 1.53. The molecule has 2 aromatic rings. The van der Waals surface area contributed by atoms with Gasteiger partial charge in [0, 0.05) is 42.3 Å². The molecule has 5 nitrogen and oxygen atoms in total. The van der Waals surface area contributed by atoms with Gasteiger partial charge < -0.3 is 14.8 Å². The average Bonchev–Trinajstić information content (AvgIpc) is 2.73. The third-order valence-corrected chi connectivity index (χ3v) is 5.08. The average molecular weight is 427 g/mol. The second-order valence-corrected chi connectivity index (χ2v) is 7.27. The summed E-state index contributed by atoms with van der Waals surface area (Å²) >= 11 is 3.39. The minimum Gasteiger partial charge on any atom is -0.449 e. The minimum atomic E-state index is -0.0445. The lowest BCUT2D eigenvalue weighted by Crippen LogP contribution is -2.50. The first-order valence-electron chi connectivity index (χ1n) is 8.78. The van der Waals surface area contributed by atoms with Crippen molar-refractivity contribution in [2.24, 2.45) is 0 Å². The topological polar surface area (TPSA) is 60.9 Å². The van der Waals surface area contributed by atoms with E-state index in [1.807, 2.05) is 24.3 Å². The molecule has 0 radical (unpaired) electrons. The van der Waals surface area contributed by atoms with E-state index in [9.17, 15) is 9.59 Å². The predicted molar refractivity (Wildman–Crippen MR) is 111 cm³/mol. The van der Waals surface area contributed by atoms with Crippen LogP contribution in [0.5, 0.6) is 0 Å². The number of carbonyl (C=O) groups excluding carboxylic acids is 2. The molecule has 7 heteroatoms. The lowest BCUT2D eigenvalue weighted by molar-refractivity contribution is -0.127. The minimum absolute atomic E-state index is 0.0387. The van der Waals surface area contributed by atoms with Gasteiger partial charge >= 0.3 is 7.48 Å². The maximum Gasteiger partial charge on any atom is 0.304 e. The number of rotatable bonds is 4. The molecule has 3 rings (SSSR count). The van der Waals surface area contributed by atoms with Crippen molar-refractivity contribution in [3.8, 4) is 0 Å². The highest BCUT2D eigenvalue weighted by Crippen LogP contribution is 2.12. The molecule has 1 N–H and O–H groups in total. The van der Waals surface area contributed by atoms with Crippen molar-refractivity contribution in [2.75, 3.05) is 26.2 Å². The zero-order valence-electron chi connectivity index (χ0n) is 14.8. The van der Waals surface area contributed by atoms with E-state index in [1.54, 1.807) is 46.2 Å². The van der Waals surface area contributed by atoms with Crippen molar-refractivity contribution in [2.45, 2.75) is 0 Å². The molecule has 0 spiro atoms. The molecule has 1 aliphatic rings.